The fraction of sp³-hybridized carbons (Fsp3) is 0.415. The van der Waals surface area contributed by atoms with Crippen LogP contribution in [-0.4, -0.2) is 77.8 Å². The van der Waals surface area contributed by atoms with E-state index in [1.165, 1.54) is 10.9 Å². The lowest BCUT2D eigenvalue weighted by molar-refractivity contribution is -0.118. The van der Waals surface area contributed by atoms with Crippen molar-refractivity contribution in [1.82, 2.24) is 19.5 Å². The van der Waals surface area contributed by atoms with Crippen LogP contribution in [0, 0.1) is 5.92 Å². The number of methoxy groups -OCH3 is 2. The molecule has 1 aliphatic rings. The van der Waals surface area contributed by atoms with E-state index >= 15 is 0 Å². The van der Waals surface area contributed by atoms with Crippen LogP contribution in [0.2, 0.25) is 18.1 Å². The van der Waals surface area contributed by atoms with E-state index in [0.29, 0.717) is 11.5 Å². The maximum atomic E-state index is 13.3. The molecule has 310 valence electrons. The van der Waals surface area contributed by atoms with Gasteiger partial charge in [0.2, 0.25) is 11.9 Å². The van der Waals surface area contributed by atoms with Gasteiger partial charge in [-0.15, -0.1) is 0 Å². The molecule has 3 aromatic carbocycles. The minimum Gasteiger partial charge on any atom is -0.497 e. The summed E-state index contributed by atoms with van der Waals surface area (Å²) >= 11 is 0. The van der Waals surface area contributed by atoms with Crippen molar-refractivity contribution in [2.75, 3.05) is 26.1 Å². The molecule has 5 aromatic rings. The van der Waals surface area contributed by atoms with Crippen molar-refractivity contribution in [2.45, 2.75) is 82.9 Å². The molecule has 5 atom stereocenters. The van der Waals surface area contributed by atoms with Crippen molar-refractivity contribution in [3.8, 4) is 11.5 Å². The van der Waals surface area contributed by atoms with Crippen LogP contribution in [0.4, 0.5) is 5.95 Å². The Kier molecular flexibility index (Phi) is 12.8. The highest BCUT2D eigenvalue weighted by molar-refractivity contribution is 7.32. The number of imidazole rings is 1. The second kappa shape index (κ2) is 17.3. The number of aromatic amines is 1. The average Bonchev–Trinajstić information content (AvgIpc) is 3.76. The SMILES string of the molecule is COc1ccc(C(OC[C@H]2O[C@@H](n3cnc4c(=O)[nH]c(NC(=O)C(C)C)nc43)[C@H](O[Si](C)(C)C(C)(C)C)[C@@H]2O[PH](=O)O)(c2ccccc2)c2ccc(OC)cc2)cc1. The van der Waals surface area contributed by atoms with Crippen molar-refractivity contribution in [1.29, 1.82) is 0 Å². The molecule has 17 heteroatoms. The molecule has 0 bridgehead atoms. The summed E-state index contributed by atoms with van der Waals surface area (Å²) in [7, 11) is -3.07. The number of nitrogens with one attached hydrogen (secondary N) is 2. The summed E-state index contributed by atoms with van der Waals surface area (Å²) in [4.78, 5) is 47.8. The molecule has 1 unspecified atom stereocenters. The first-order valence-electron chi connectivity index (χ1n) is 19.0. The molecule has 1 saturated heterocycles. The summed E-state index contributed by atoms with van der Waals surface area (Å²) in [5.41, 5.74) is 0.579. The predicted octanol–water partition coefficient (Wildman–Crippen LogP) is 6.80. The Morgan fingerprint density at radius 2 is 1.52 bits per heavy atom. The maximum absolute atomic E-state index is 13.3. The van der Waals surface area contributed by atoms with E-state index in [1.807, 2.05) is 78.9 Å². The number of fused-ring (bicyclic) bond motifs is 1. The third kappa shape index (κ3) is 8.69. The molecule has 0 saturated carbocycles. The summed E-state index contributed by atoms with van der Waals surface area (Å²) in [6.45, 7) is 13.6. The Labute approximate surface area is 339 Å². The molecule has 0 aliphatic carbocycles. The summed E-state index contributed by atoms with van der Waals surface area (Å²) in [6.07, 6.45) is -2.83. The molecule has 58 heavy (non-hydrogen) atoms. The number of hydrogen-bond donors (Lipinski definition) is 3. The number of benzene rings is 3. The number of carbonyl (C=O) groups excluding carboxylic acids is 1. The van der Waals surface area contributed by atoms with Crippen LogP contribution in [0.3, 0.4) is 0 Å². The number of ether oxygens (including phenoxy) is 4. The summed E-state index contributed by atoms with van der Waals surface area (Å²) < 4.78 is 52.2. The average molecular weight is 834 g/mol. The van der Waals surface area contributed by atoms with Gasteiger partial charge in [-0.3, -0.25) is 29.0 Å². The first-order valence-corrected chi connectivity index (χ1v) is 23.2. The van der Waals surface area contributed by atoms with Crippen LogP contribution in [0.1, 0.15) is 57.5 Å². The number of aromatic nitrogens is 4. The smallest absolute Gasteiger partial charge is 0.317 e. The van der Waals surface area contributed by atoms with E-state index in [2.05, 4.69) is 54.1 Å². The van der Waals surface area contributed by atoms with Gasteiger partial charge >= 0.3 is 8.25 Å². The number of H-pyrrole nitrogens is 1. The molecule has 2 aromatic heterocycles. The van der Waals surface area contributed by atoms with Crippen molar-refractivity contribution < 1.29 is 42.2 Å². The highest BCUT2D eigenvalue weighted by Gasteiger charge is 2.53. The van der Waals surface area contributed by atoms with E-state index in [0.717, 1.165) is 16.7 Å². The lowest BCUT2D eigenvalue weighted by Crippen LogP contribution is -2.49. The van der Waals surface area contributed by atoms with Gasteiger partial charge in [-0.05, 0) is 59.1 Å². The van der Waals surface area contributed by atoms with Gasteiger partial charge in [-0.1, -0.05) is 89.2 Å². The van der Waals surface area contributed by atoms with E-state index in [9.17, 15) is 19.0 Å². The largest absolute Gasteiger partial charge is 0.497 e. The van der Waals surface area contributed by atoms with Crippen LogP contribution in [0.25, 0.3) is 11.2 Å². The Hall–Kier alpha value is -4.67. The van der Waals surface area contributed by atoms with Crippen molar-refractivity contribution in [2.24, 2.45) is 5.92 Å². The van der Waals surface area contributed by atoms with Crippen LogP contribution < -0.4 is 20.3 Å². The fourth-order valence-corrected chi connectivity index (χ4v) is 8.48. The molecular formula is C41H52N5O10PSi. The zero-order valence-electron chi connectivity index (χ0n) is 34.1. The first-order chi connectivity index (χ1) is 27.5. The van der Waals surface area contributed by atoms with Gasteiger partial charge < -0.3 is 32.8 Å². The second-order valence-electron chi connectivity index (χ2n) is 16.0. The topological polar surface area (TPSA) is 185 Å². The number of anilines is 1. The lowest BCUT2D eigenvalue weighted by Gasteiger charge is -2.40. The molecule has 1 fully saturated rings. The number of carbonyl (C=O) groups is 1. The molecule has 3 N–H and O–H groups in total. The van der Waals surface area contributed by atoms with Crippen LogP contribution in [0.5, 0.6) is 11.5 Å². The molecule has 1 amide bonds. The Bertz CT molecular complexity index is 2230. The highest BCUT2D eigenvalue weighted by atomic mass is 31.1. The van der Waals surface area contributed by atoms with E-state index < -0.39 is 52.3 Å². The van der Waals surface area contributed by atoms with Crippen LogP contribution >= 0.6 is 8.25 Å². The Balaban J connectivity index is 1.50. The van der Waals surface area contributed by atoms with Crippen molar-refractivity contribution in [3.63, 3.8) is 0 Å². The molecule has 6 rings (SSSR count). The molecule has 0 spiro atoms. The molecule has 15 nitrogen and oxygen atoms in total. The zero-order valence-corrected chi connectivity index (χ0v) is 36.1. The van der Waals surface area contributed by atoms with Crippen LogP contribution in [-0.2, 0) is 33.4 Å². The number of rotatable bonds is 15. The van der Waals surface area contributed by atoms with Gasteiger partial charge in [0, 0.05) is 5.92 Å². The van der Waals surface area contributed by atoms with Gasteiger partial charge in [0.1, 0.15) is 35.4 Å². The van der Waals surface area contributed by atoms with Crippen molar-refractivity contribution >= 4 is 39.6 Å². The van der Waals surface area contributed by atoms with E-state index in [-0.39, 0.29) is 40.6 Å². The normalized spacial score (nSPS) is 19.4. The number of amides is 1. The summed E-state index contributed by atoms with van der Waals surface area (Å²) in [6, 6.07) is 24.8. The van der Waals surface area contributed by atoms with E-state index in [1.54, 1.807) is 28.1 Å². The minimum absolute atomic E-state index is 0.00719. The third-order valence-corrected chi connectivity index (χ3v) is 15.8. The third-order valence-electron chi connectivity index (χ3n) is 10.9. The highest BCUT2D eigenvalue weighted by Crippen LogP contribution is 2.47. The van der Waals surface area contributed by atoms with Crippen molar-refractivity contribution in [3.05, 3.63) is 112 Å². The van der Waals surface area contributed by atoms with Gasteiger partial charge in [0.25, 0.3) is 5.56 Å². The van der Waals surface area contributed by atoms with E-state index in [4.69, 9.17) is 27.9 Å². The van der Waals surface area contributed by atoms with Gasteiger partial charge in [0.05, 0.1) is 27.2 Å². The summed E-state index contributed by atoms with van der Waals surface area (Å²) in [5.74, 6) is 0.505. The van der Waals surface area contributed by atoms with Gasteiger partial charge in [-0.25, -0.2) is 4.98 Å². The molecule has 1 aliphatic heterocycles. The van der Waals surface area contributed by atoms with Crippen LogP contribution in [0.15, 0.2) is 90.0 Å². The quantitative estimate of drug-likeness (QED) is 0.0571. The lowest BCUT2D eigenvalue weighted by atomic mass is 9.80. The monoisotopic (exact) mass is 833 g/mol. The maximum Gasteiger partial charge on any atom is 0.317 e. The Morgan fingerprint density at radius 3 is 2.03 bits per heavy atom. The second-order valence-corrected chi connectivity index (χ2v) is 21.5. The number of hydrogen-bond acceptors (Lipinski definition) is 11. The zero-order chi connectivity index (χ0) is 42.0. The molecule has 0 radical (unpaired) electrons. The van der Waals surface area contributed by atoms with Gasteiger partial charge in [-0.2, -0.15) is 4.98 Å². The minimum atomic E-state index is -3.58. The van der Waals surface area contributed by atoms with Gasteiger partial charge in [0.15, 0.2) is 25.7 Å². The summed E-state index contributed by atoms with van der Waals surface area (Å²) in [5, 5.41) is 2.35. The number of nitrogens with zero attached hydrogens (tertiary/aromatic N) is 3. The predicted molar refractivity (Wildman–Crippen MR) is 222 cm³/mol. The first kappa shape index (κ1) is 42.9. The fourth-order valence-electron chi connectivity index (χ4n) is 6.68. The molecule has 3 heterocycles. The molecular weight excluding hydrogens is 782 g/mol. The Morgan fingerprint density at radius 1 is 0.948 bits per heavy atom. The standard InChI is InChI=1S/C41H52N5O10PSi/c1-25(2)36(47)44-39-43-35-32(37(48)45-39)42-24-46(35)38-34(56-58(8,9)40(3,4)5)33(55-57(49)50)31(54-38)23-53-41(26-13-11-10-12-14-26,27-15-19-29(51-6)20-16-27)28-17-21-30(52-7)22-18-28/h10-22,24-25,31,33-34,38,57H,23H2,1-9H3,(H,49,50)(H2,43,44,45,47,48)/t31-,33-,34-,38-/m1/s1.